The second-order valence-electron chi connectivity index (χ2n) is 14.2. The van der Waals surface area contributed by atoms with Crippen molar-refractivity contribution in [2.24, 2.45) is 38.9 Å². The average Bonchev–Trinajstić information content (AvgIpc) is 2.77. The van der Waals surface area contributed by atoms with Crippen molar-refractivity contribution in [3.8, 4) is 0 Å². The second kappa shape index (κ2) is 6.42. The zero-order valence-electron chi connectivity index (χ0n) is 21.5. The molecule has 0 unspecified atom stereocenters. The van der Waals surface area contributed by atoms with Crippen LogP contribution in [0.3, 0.4) is 0 Å². The van der Waals surface area contributed by atoms with Crippen molar-refractivity contribution in [1.82, 2.24) is 0 Å². The van der Waals surface area contributed by atoms with Crippen LogP contribution in [0.5, 0.6) is 0 Å². The second-order valence-corrected chi connectivity index (χ2v) is 14.2. The monoisotopic (exact) mass is 444 g/mol. The predicted molar refractivity (Wildman–Crippen MR) is 125 cm³/mol. The summed E-state index contributed by atoms with van der Waals surface area (Å²) in [6.45, 7) is 18.0. The fraction of sp³-hybridized carbons (Fsp3) is 0.893. The molecule has 0 spiro atoms. The van der Waals surface area contributed by atoms with Gasteiger partial charge in [-0.3, -0.25) is 4.79 Å². The highest BCUT2D eigenvalue weighted by molar-refractivity contribution is 5.79. The molecule has 0 aromatic heterocycles. The van der Waals surface area contributed by atoms with Crippen molar-refractivity contribution in [2.75, 3.05) is 0 Å². The van der Waals surface area contributed by atoms with E-state index in [1.54, 1.807) is 0 Å². The van der Waals surface area contributed by atoms with Crippen LogP contribution in [-0.4, -0.2) is 29.1 Å². The van der Waals surface area contributed by atoms with Gasteiger partial charge in [0.2, 0.25) is 5.79 Å². The molecule has 180 valence electrons. The van der Waals surface area contributed by atoms with E-state index in [0.29, 0.717) is 16.7 Å². The van der Waals surface area contributed by atoms with E-state index in [1.807, 2.05) is 20.8 Å². The Morgan fingerprint density at radius 3 is 2.28 bits per heavy atom. The lowest BCUT2D eigenvalue weighted by molar-refractivity contribution is -0.273. The molecule has 4 fully saturated rings. The van der Waals surface area contributed by atoms with Crippen molar-refractivity contribution in [2.45, 2.75) is 118 Å². The quantitative estimate of drug-likeness (QED) is 0.367. The van der Waals surface area contributed by atoms with Gasteiger partial charge in [0.1, 0.15) is 0 Å². The Balaban J connectivity index is 1.59. The third kappa shape index (κ3) is 2.78. The van der Waals surface area contributed by atoms with Crippen molar-refractivity contribution in [3.63, 3.8) is 0 Å². The van der Waals surface area contributed by atoms with Crippen molar-refractivity contribution < 1.29 is 19.4 Å². The van der Waals surface area contributed by atoms with Gasteiger partial charge in [0.05, 0.1) is 17.6 Å². The fourth-order valence-electron chi connectivity index (χ4n) is 8.65. The molecule has 0 amide bonds. The van der Waals surface area contributed by atoms with E-state index in [4.69, 9.17) is 9.47 Å². The van der Waals surface area contributed by atoms with E-state index in [2.05, 4.69) is 40.7 Å². The fourth-order valence-corrected chi connectivity index (χ4v) is 8.65. The highest BCUT2D eigenvalue weighted by Crippen LogP contribution is 2.70. The highest BCUT2D eigenvalue weighted by atomic mass is 16.7. The molecule has 2 saturated carbocycles. The molecule has 32 heavy (non-hydrogen) atoms. The van der Waals surface area contributed by atoms with E-state index < -0.39 is 17.3 Å². The Morgan fingerprint density at radius 2 is 1.59 bits per heavy atom. The SMILES string of the molecule is CC1(C)CC[C@]2(C)CC[C@]3(C)C(=C[C@@H](O)[C@@H]4O[C@]5(C)OC(=O)C(C)(C)[C@@H]5CC[C@]43C)[C@@H]2C1. The zero-order valence-corrected chi connectivity index (χ0v) is 21.5. The van der Waals surface area contributed by atoms with Crippen LogP contribution >= 0.6 is 0 Å². The molecule has 8 atom stereocenters. The molecule has 2 saturated heterocycles. The largest absolute Gasteiger partial charge is 0.433 e. The summed E-state index contributed by atoms with van der Waals surface area (Å²) < 4.78 is 12.6. The van der Waals surface area contributed by atoms with Crippen molar-refractivity contribution in [1.29, 1.82) is 0 Å². The van der Waals surface area contributed by atoms with Crippen LogP contribution in [0.15, 0.2) is 11.6 Å². The number of carbonyl (C=O) groups is 1. The summed E-state index contributed by atoms with van der Waals surface area (Å²) in [5.74, 6) is -0.641. The third-order valence-corrected chi connectivity index (χ3v) is 11.4. The molecule has 5 rings (SSSR count). The van der Waals surface area contributed by atoms with E-state index in [1.165, 1.54) is 31.3 Å². The number of aliphatic hydroxyl groups is 1. The van der Waals surface area contributed by atoms with Crippen LogP contribution in [0.4, 0.5) is 0 Å². The lowest BCUT2D eigenvalue weighted by Gasteiger charge is -2.64. The highest BCUT2D eigenvalue weighted by Gasteiger charge is 2.68. The number of esters is 1. The summed E-state index contributed by atoms with van der Waals surface area (Å²) in [5, 5.41) is 11.5. The number of ether oxygens (including phenoxy) is 2. The maximum absolute atomic E-state index is 12.7. The van der Waals surface area contributed by atoms with Gasteiger partial charge in [-0.2, -0.15) is 0 Å². The first-order chi connectivity index (χ1) is 14.6. The molecule has 4 nitrogen and oxygen atoms in total. The third-order valence-electron chi connectivity index (χ3n) is 11.4. The number of hydrogen-bond acceptors (Lipinski definition) is 4. The number of fused-ring (bicyclic) bond motifs is 6. The Bertz CT molecular complexity index is 873. The summed E-state index contributed by atoms with van der Waals surface area (Å²) in [4.78, 5) is 12.7. The molecule has 2 aliphatic heterocycles. The first-order valence-electron chi connectivity index (χ1n) is 12.9. The van der Waals surface area contributed by atoms with Gasteiger partial charge in [0, 0.05) is 18.3 Å². The molecule has 1 N–H and O–H groups in total. The predicted octanol–water partition coefficient (Wildman–Crippen LogP) is 6.02. The molecule has 5 aliphatic rings. The summed E-state index contributed by atoms with van der Waals surface area (Å²) in [6, 6.07) is 0. The molecule has 0 bridgehead atoms. The Hall–Kier alpha value is -0.870. The molecule has 3 aliphatic carbocycles. The molecular formula is C28H44O4. The van der Waals surface area contributed by atoms with E-state index in [0.717, 1.165) is 19.3 Å². The number of hydrogen-bond donors (Lipinski definition) is 1. The minimum absolute atomic E-state index is 0.00774. The van der Waals surface area contributed by atoms with Gasteiger partial charge in [0.25, 0.3) is 0 Å². The van der Waals surface area contributed by atoms with Crippen LogP contribution in [0.2, 0.25) is 0 Å². The van der Waals surface area contributed by atoms with Gasteiger partial charge >= 0.3 is 5.97 Å². The summed E-state index contributed by atoms with van der Waals surface area (Å²) in [5.41, 5.74) is 1.37. The lowest BCUT2D eigenvalue weighted by Crippen LogP contribution is -2.61. The van der Waals surface area contributed by atoms with Gasteiger partial charge in [-0.05, 0) is 81.0 Å². The van der Waals surface area contributed by atoms with Crippen LogP contribution < -0.4 is 0 Å². The molecular weight excluding hydrogens is 400 g/mol. The van der Waals surface area contributed by atoms with E-state index in [-0.39, 0.29) is 28.8 Å². The topological polar surface area (TPSA) is 55.8 Å². The minimum Gasteiger partial charge on any atom is -0.433 e. The normalized spacial score (nSPS) is 53.7. The van der Waals surface area contributed by atoms with Crippen molar-refractivity contribution in [3.05, 3.63) is 11.6 Å². The molecule has 4 heteroatoms. The standard InChI is InChI=1S/C28H44O4/c1-23(2)11-12-25(5)13-14-26(6)17(18(25)16-23)15-19(29)21-27(26,7)10-9-20-24(3,4)22(30)32-28(20,8)31-21/h15,18-21,29H,9-14,16H2,1-8H3/t18-,19+,20-,21-,25+,26+,27+,28+/m0/s1. The number of rotatable bonds is 0. The van der Waals surface area contributed by atoms with Gasteiger partial charge < -0.3 is 14.6 Å². The molecule has 2 heterocycles. The average molecular weight is 445 g/mol. The number of carbonyl (C=O) groups excluding carboxylic acids is 1. The zero-order chi connectivity index (χ0) is 23.5. The summed E-state index contributed by atoms with van der Waals surface area (Å²) >= 11 is 0. The number of allylic oxidation sites excluding steroid dienone is 1. The van der Waals surface area contributed by atoms with Gasteiger partial charge in [0.15, 0.2) is 0 Å². The van der Waals surface area contributed by atoms with Crippen LogP contribution in [-0.2, 0) is 14.3 Å². The van der Waals surface area contributed by atoms with Crippen LogP contribution in [0, 0.1) is 38.9 Å². The Morgan fingerprint density at radius 1 is 0.938 bits per heavy atom. The van der Waals surface area contributed by atoms with Gasteiger partial charge in [-0.1, -0.05) is 46.3 Å². The Kier molecular flexibility index (Phi) is 4.59. The number of aliphatic hydroxyl groups excluding tert-OH is 1. The van der Waals surface area contributed by atoms with Crippen molar-refractivity contribution >= 4 is 5.97 Å². The summed E-state index contributed by atoms with van der Waals surface area (Å²) in [7, 11) is 0. The molecule has 0 aromatic rings. The minimum atomic E-state index is -0.971. The Labute approximate surface area is 194 Å². The first-order valence-corrected chi connectivity index (χ1v) is 12.9. The molecule has 0 aromatic carbocycles. The van der Waals surface area contributed by atoms with E-state index >= 15 is 0 Å². The lowest BCUT2D eigenvalue weighted by atomic mass is 9.41. The maximum atomic E-state index is 12.7. The van der Waals surface area contributed by atoms with Crippen LogP contribution in [0.1, 0.15) is 100 Å². The van der Waals surface area contributed by atoms with E-state index in [9.17, 15) is 9.90 Å². The van der Waals surface area contributed by atoms with Gasteiger partial charge in [-0.25, -0.2) is 0 Å². The first kappa shape index (κ1) is 22.9. The van der Waals surface area contributed by atoms with Gasteiger partial charge in [-0.15, -0.1) is 0 Å². The molecule has 0 radical (unpaired) electrons. The van der Waals surface area contributed by atoms with Crippen LogP contribution in [0.25, 0.3) is 0 Å². The smallest absolute Gasteiger partial charge is 0.314 e. The summed E-state index contributed by atoms with van der Waals surface area (Å²) in [6.07, 6.45) is 9.08. The maximum Gasteiger partial charge on any atom is 0.314 e.